The van der Waals surface area contributed by atoms with Crippen LogP contribution in [0.1, 0.15) is 15.2 Å². The highest BCUT2D eigenvalue weighted by Gasteiger charge is 2.12. The van der Waals surface area contributed by atoms with Crippen molar-refractivity contribution in [2.45, 2.75) is 6.54 Å². The van der Waals surface area contributed by atoms with Gasteiger partial charge in [0, 0.05) is 17.5 Å². The Kier molecular flexibility index (Phi) is 4.91. The van der Waals surface area contributed by atoms with Crippen molar-refractivity contribution in [2.75, 3.05) is 7.05 Å². The number of carbonyl (C=O) groups excluding carboxylic acids is 1. The average molecular weight is 341 g/mol. The molecular formula is C19H16FNO2S. The van der Waals surface area contributed by atoms with Crippen LogP contribution in [0.3, 0.4) is 0 Å². The number of hydrogen-bond donors (Lipinski definition) is 0. The van der Waals surface area contributed by atoms with Crippen molar-refractivity contribution in [2.24, 2.45) is 0 Å². The first-order valence-corrected chi connectivity index (χ1v) is 8.31. The summed E-state index contributed by atoms with van der Waals surface area (Å²) in [5.41, 5.74) is 0.598. The van der Waals surface area contributed by atoms with Gasteiger partial charge in [-0.05, 0) is 60.0 Å². The third-order valence-electron chi connectivity index (χ3n) is 3.47. The van der Waals surface area contributed by atoms with Crippen LogP contribution in [-0.4, -0.2) is 17.9 Å². The number of ether oxygens (including phenoxy) is 1. The number of amides is 1. The minimum atomic E-state index is -0.308. The highest BCUT2D eigenvalue weighted by molar-refractivity contribution is 7.09. The summed E-state index contributed by atoms with van der Waals surface area (Å²) in [5, 5.41) is 2.00. The number of benzene rings is 2. The molecule has 0 radical (unpaired) electrons. The molecule has 1 amide bonds. The molecule has 0 bridgehead atoms. The van der Waals surface area contributed by atoms with Gasteiger partial charge in [0.05, 0.1) is 6.54 Å². The van der Waals surface area contributed by atoms with E-state index in [0.717, 1.165) is 4.88 Å². The number of nitrogens with zero attached hydrogens (tertiary/aromatic N) is 1. The largest absolute Gasteiger partial charge is 0.457 e. The Morgan fingerprint density at radius 1 is 1.04 bits per heavy atom. The normalized spacial score (nSPS) is 10.4. The number of thiophene rings is 1. The second-order valence-electron chi connectivity index (χ2n) is 5.32. The van der Waals surface area contributed by atoms with E-state index in [4.69, 9.17) is 4.74 Å². The number of carbonyl (C=O) groups is 1. The maximum atomic E-state index is 12.9. The smallest absolute Gasteiger partial charge is 0.253 e. The molecule has 0 saturated carbocycles. The molecule has 0 aliphatic heterocycles. The van der Waals surface area contributed by atoms with Crippen LogP contribution in [0.5, 0.6) is 11.5 Å². The van der Waals surface area contributed by atoms with Gasteiger partial charge in [-0.25, -0.2) is 4.39 Å². The second kappa shape index (κ2) is 7.27. The minimum Gasteiger partial charge on any atom is -0.457 e. The molecule has 0 spiro atoms. The molecule has 0 fully saturated rings. The van der Waals surface area contributed by atoms with Crippen molar-refractivity contribution in [3.8, 4) is 11.5 Å². The summed E-state index contributed by atoms with van der Waals surface area (Å²) < 4.78 is 18.5. The van der Waals surface area contributed by atoms with E-state index >= 15 is 0 Å². The van der Waals surface area contributed by atoms with E-state index < -0.39 is 0 Å². The van der Waals surface area contributed by atoms with E-state index in [-0.39, 0.29) is 11.7 Å². The summed E-state index contributed by atoms with van der Waals surface area (Å²) in [6, 6.07) is 16.7. The Balaban J connectivity index is 1.65. The molecule has 122 valence electrons. The first-order valence-electron chi connectivity index (χ1n) is 7.43. The van der Waals surface area contributed by atoms with Crippen molar-refractivity contribution in [3.05, 3.63) is 82.3 Å². The first kappa shape index (κ1) is 16.2. The molecule has 3 aromatic rings. The summed E-state index contributed by atoms with van der Waals surface area (Å²) in [7, 11) is 1.78. The third kappa shape index (κ3) is 4.00. The number of halogens is 1. The molecule has 0 aliphatic carbocycles. The summed E-state index contributed by atoms with van der Waals surface area (Å²) in [6.45, 7) is 0.588. The van der Waals surface area contributed by atoms with E-state index in [1.165, 1.54) is 12.1 Å². The summed E-state index contributed by atoms with van der Waals surface area (Å²) >= 11 is 1.63. The molecule has 0 saturated heterocycles. The van der Waals surface area contributed by atoms with Gasteiger partial charge < -0.3 is 9.64 Å². The lowest BCUT2D eigenvalue weighted by Gasteiger charge is -2.16. The molecule has 5 heteroatoms. The summed E-state index contributed by atoms with van der Waals surface area (Å²) in [4.78, 5) is 15.2. The molecule has 2 aromatic carbocycles. The number of rotatable bonds is 5. The zero-order valence-corrected chi connectivity index (χ0v) is 13.9. The van der Waals surface area contributed by atoms with Gasteiger partial charge >= 0.3 is 0 Å². The van der Waals surface area contributed by atoms with Crippen LogP contribution in [0.15, 0.2) is 66.0 Å². The van der Waals surface area contributed by atoms with Crippen molar-refractivity contribution < 1.29 is 13.9 Å². The molecule has 0 N–H and O–H groups in total. The fraction of sp³-hybridized carbons (Fsp3) is 0.105. The van der Waals surface area contributed by atoms with Crippen molar-refractivity contribution >= 4 is 17.2 Å². The van der Waals surface area contributed by atoms with Crippen LogP contribution >= 0.6 is 11.3 Å². The molecule has 3 rings (SSSR count). The molecule has 0 atom stereocenters. The summed E-state index contributed by atoms with van der Waals surface area (Å²) in [6.07, 6.45) is 0. The Bertz CT molecular complexity index is 798. The highest BCUT2D eigenvalue weighted by Crippen LogP contribution is 2.22. The van der Waals surface area contributed by atoms with Crippen LogP contribution in [0, 0.1) is 5.82 Å². The monoisotopic (exact) mass is 341 g/mol. The average Bonchev–Trinajstić information content (AvgIpc) is 3.10. The molecule has 1 heterocycles. The lowest BCUT2D eigenvalue weighted by Crippen LogP contribution is -2.25. The maximum absolute atomic E-state index is 12.9. The van der Waals surface area contributed by atoms with Gasteiger partial charge in [-0.2, -0.15) is 0 Å². The van der Waals surface area contributed by atoms with Gasteiger partial charge in [-0.15, -0.1) is 11.3 Å². The van der Waals surface area contributed by atoms with Crippen molar-refractivity contribution in [3.63, 3.8) is 0 Å². The van der Waals surface area contributed by atoms with E-state index in [1.807, 2.05) is 17.5 Å². The molecule has 24 heavy (non-hydrogen) atoms. The highest BCUT2D eigenvalue weighted by atomic mass is 32.1. The molecule has 1 aromatic heterocycles. The first-order chi connectivity index (χ1) is 11.6. The van der Waals surface area contributed by atoms with Crippen LogP contribution in [0.4, 0.5) is 4.39 Å². The lowest BCUT2D eigenvalue weighted by molar-refractivity contribution is 0.0786. The Hall–Kier alpha value is -2.66. The Morgan fingerprint density at radius 2 is 1.67 bits per heavy atom. The predicted molar refractivity (Wildman–Crippen MR) is 93.0 cm³/mol. The van der Waals surface area contributed by atoms with Gasteiger partial charge in [0.1, 0.15) is 17.3 Å². The fourth-order valence-electron chi connectivity index (χ4n) is 2.23. The molecule has 0 aliphatic rings. The van der Waals surface area contributed by atoms with E-state index in [9.17, 15) is 9.18 Å². The summed E-state index contributed by atoms with van der Waals surface area (Å²) in [5.74, 6) is 0.790. The molecular weight excluding hydrogens is 325 g/mol. The standard InChI is InChI=1S/C19H16FNO2S/c1-21(13-18-3-2-12-24-18)19(22)14-4-8-16(9-5-14)23-17-10-6-15(20)7-11-17/h2-12H,13H2,1H3. The van der Waals surface area contributed by atoms with Gasteiger partial charge in [-0.3, -0.25) is 4.79 Å². The predicted octanol–water partition coefficient (Wildman–Crippen LogP) is 4.95. The maximum Gasteiger partial charge on any atom is 0.253 e. The van der Waals surface area contributed by atoms with E-state index in [0.29, 0.717) is 23.6 Å². The molecule has 0 unspecified atom stereocenters. The van der Waals surface area contributed by atoms with Crippen LogP contribution in [-0.2, 0) is 6.54 Å². The van der Waals surface area contributed by atoms with Crippen molar-refractivity contribution in [1.29, 1.82) is 0 Å². The topological polar surface area (TPSA) is 29.5 Å². The SMILES string of the molecule is CN(Cc1cccs1)C(=O)c1ccc(Oc2ccc(F)cc2)cc1. The van der Waals surface area contributed by atoms with Crippen LogP contribution in [0.2, 0.25) is 0 Å². The minimum absolute atomic E-state index is 0.0447. The Morgan fingerprint density at radius 3 is 2.25 bits per heavy atom. The third-order valence-corrected chi connectivity index (χ3v) is 4.33. The molecule has 3 nitrogen and oxygen atoms in total. The van der Waals surface area contributed by atoms with Gasteiger partial charge in [0.15, 0.2) is 0 Å². The van der Waals surface area contributed by atoms with E-state index in [2.05, 4.69) is 0 Å². The van der Waals surface area contributed by atoms with Gasteiger partial charge in [-0.1, -0.05) is 6.07 Å². The van der Waals surface area contributed by atoms with Crippen molar-refractivity contribution in [1.82, 2.24) is 4.90 Å². The zero-order chi connectivity index (χ0) is 16.9. The van der Waals surface area contributed by atoms with Crippen LogP contribution < -0.4 is 4.74 Å². The fourth-order valence-corrected chi connectivity index (χ4v) is 2.99. The second-order valence-corrected chi connectivity index (χ2v) is 6.35. The number of hydrogen-bond acceptors (Lipinski definition) is 3. The van der Waals surface area contributed by atoms with Gasteiger partial charge in [0.25, 0.3) is 5.91 Å². The Labute approximate surface area is 143 Å². The van der Waals surface area contributed by atoms with Crippen LogP contribution in [0.25, 0.3) is 0 Å². The quantitative estimate of drug-likeness (QED) is 0.657. The van der Waals surface area contributed by atoms with Gasteiger partial charge in [0.2, 0.25) is 0 Å². The lowest BCUT2D eigenvalue weighted by atomic mass is 10.2. The van der Waals surface area contributed by atoms with E-state index in [1.54, 1.807) is 59.7 Å². The zero-order valence-electron chi connectivity index (χ0n) is 13.1.